The topological polar surface area (TPSA) is 96.6 Å². The van der Waals surface area contributed by atoms with Crippen molar-refractivity contribution in [3.63, 3.8) is 0 Å². The SMILES string of the molecule is Cc1nc(N2CC(C(F)(F)F)CN(c3ccc(-c4cc(F)ccc4F)cc3)C2=O)sc1S(N)(=O)=O. The van der Waals surface area contributed by atoms with Crippen molar-refractivity contribution in [2.75, 3.05) is 22.9 Å². The number of hydrogen-bond acceptors (Lipinski definition) is 5. The van der Waals surface area contributed by atoms with Crippen LogP contribution in [0.5, 0.6) is 0 Å². The molecular formula is C21H17F5N4O3S2. The Labute approximate surface area is 200 Å². The van der Waals surface area contributed by atoms with Crippen LogP contribution in [0.4, 0.5) is 37.6 Å². The number of aromatic nitrogens is 1. The molecule has 14 heteroatoms. The lowest BCUT2D eigenvalue weighted by Crippen LogP contribution is -2.57. The Morgan fingerprint density at radius 1 is 1.06 bits per heavy atom. The summed E-state index contributed by atoms with van der Waals surface area (Å²) < 4.78 is 91.9. The van der Waals surface area contributed by atoms with E-state index in [-0.39, 0.29) is 31.8 Å². The molecular weight excluding hydrogens is 515 g/mol. The van der Waals surface area contributed by atoms with Crippen molar-refractivity contribution in [1.29, 1.82) is 0 Å². The van der Waals surface area contributed by atoms with Gasteiger partial charge in [0.1, 0.15) is 11.6 Å². The summed E-state index contributed by atoms with van der Waals surface area (Å²) in [5.74, 6) is -3.33. The highest BCUT2D eigenvalue weighted by Crippen LogP contribution is 2.38. The van der Waals surface area contributed by atoms with E-state index in [2.05, 4.69) is 4.98 Å². The molecule has 0 radical (unpaired) electrons. The smallest absolute Gasteiger partial charge is 0.293 e. The molecule has 0 aliphatic carbocycles. The van der Waals surface area contributed by atoms with Crippen molar-refractivity contribution >= 4 is 38.2 Å². The third-order valence-corrected chi connectivity index (χ3v) is 8.12. The number of carbonyl (C=O) groups is 1. The number of sulfonamides is 1. The standard InChI is InChI=1S/C21H17F5N4O3S2/c1-11-18(35(27,32)33)34-19(28-11)30-10-13(21(24,25)26)9-29(20(30)31)15-5-2-12(3-6-15)16-8-14(22)4-7-17(16)23/h2-8,13H,9-10H2,1H3,(H2,27,32,33). The molecule has 1 aliphatic rings. The Bertz CT molecular complexity index is 1390. The van der Waals surface area contributed by atoms with Crippen molar-refractivity contribution in [2.45, 2.75) is 17.3 Å². The molecule has 1 fully saturated rings. The molecule has 0 saturated carbocycles. The van der Waals surface area contributed by atoms with Gasteiger partial charge in [-0.3, -0.25) is 9.80 Å². The minimum atomic E-state index is -4.67. The fourth-order valence-corrected chi connectivity index (χ4v) is 5.62. The van der Waals surface area contributed by atoms with Crippen LogP contribution in [0.2, 0.25) is 0 Å². The number of rotatable bonds is 4. The molecule has 7 nitrogen and oxygen atoms in total. The quantitative estimate of drug-likeness (QED) is 0.494. The molecule has 186 valence electrons. The van der Waals surface area contributed by atoms with Gasteiger partial charge in [-0.1, -0.05) is 23.5 Å². The van der Waals surface area contributed by atoms with E-state index in [9.17, 15) is 35.2 Å². The van der Waals surface area contributed by atoms with E-state index in [1.165, 1.54) is 31.2 Å². The number of urea groups is 1. The third-order valence-electron chi connectivity index (χ3n) is 5.38. The lowest BCUT2D eigenvalue weighted by molar-refractivity contribution is -0.169. The number of benzene rings is 2. The van der Waals surface area contributed by atoms with E-state index in [1.54, 1.807) is 0 Å². The van der Waals surface area contributed by atoms with Crippen LogP contribution in [-0.2, 0) is 10.0 Å². The summed E-state index contributed by atoms with van der Waals surface area (Å²) in [5.41, 5.74) is 0.245. The van der Waals surface area contributed by atoms with Crippen LogP contribution in [-0.4, -0.2) is 38.7 Å². The Morgan fingerprint density at radius 2 is 1.69 bits per heavy atom. The number of primary sulfonamides is 1. The van der Waals surface area contributed by atoms with Crippen LogP contribution >= 0.6 is 11.3 Å². The van der Waals surface area contributed by atoms with Gasteiger partial charge in [0, 0.05) is 24.3 Å². The van der Waals surface area contributed by atoms with Crippen LogP contribution < -0.4 is 14.9 Å². The van der Waals surface area contributed by atoms with E-state index in [0.717, 1.165) is 28.0 Å². The van der Waals surface area contributed by atoms with Gasteiger partial charge in [-0.05, 0) is 42.8 Å². The molecule has 2 aromatic carbocycles. The predicted molar refractivity (Wildman–Crippen MR) is 120 cm³/mol. The van der Waals surface area contributed by atoms with Crippen molar-refractivity contribution in [3.05, 3.63) is 59.8 Å². The largest absolute Gasteiger partial charge is 0.395 e. The fraction of sp³-hybridized carbons (Fsp3) is 0.238. The average molecular weight is 533 g/mol. The van der Waals surface area contributed by atoms with Gasteiger partial charge in [0.15, 0.2) is 9.34 Å². The fourth-order valence-electron chi connectivity index (χ4n) is 3.67. The Balaban J connectivity index is 1.71. The lowest BCUT2D eigenvalue weighted by Gasteiger charge is -2.39. The molecule has 1 aliphatic heterocycles. The second-order valence-corrected chi connectivity index (χ2v) is 10.6. The minimum absolute atomic E-state index is 0.0394. The molecule has 1 unspecified atom stereocenters. The van der Waals surface area contributed by atoms with Gasteiger partial charge < -0.3 is 0 Å². The van der Waals surface area contributed by atoms with Crippen molar-refractivity contribution < 1.29 is 35.2 Å². The van der Waals surface area contributed by atoms with Gasteiger partial charge in [0.05, 0.1) is 11.6 Å². The first-order chi connectivity index (χ1) is 16.3. The van der Waals surface area contributed by atoms with Crippen LogP contribution in [0.15, 0.2) is 46.7 Å². The van der Waals surface area contributed by atoms with Crippen LogP contribution in [0.1, 0.15) is 5.69 Å². The second kappa shape index (κ2) is 8.84. The van der Waals surface area contributed by atoms with Crippen molar-refractivity contribution in [1.82, 2.24) is 4.98 Å². The van der Waals surface area contributed by atoms with E-state index < -0.39 is 52.9 Å². The Hall–Kier alpha value is -3.10. The third kappa shape index (κ3) is 4.99. The van der Waals surface area contributed by atoms with E-state index >= 15 is 0 Å². The first-order valence-corrected chi connectivity index (χ1v) is 12.3. The Kier molecular flexibility index (Phi) is 6.32. The highest BCUT2D eigenvalue weighted by molar-refractivity contribution is 7.91. The number of nitrogens with two attached hydrogens (primary N) is 1. The van der Waals surface area contributed by atoms with Gasteiger partial charge in [-0.25, -0.2) is 32.1 Å². The van der Waals surface area contributed by atoms with Crippen LogP contribution in [0, 0.1) is 24.5 Å². The van der Waals surface area contributed by atoms with E-state index in [1.807, 2.05) is 0 Å². The van der Waals surface area contributed by atoms with E-state index in [0.29, 0.717) is 11.3 Å². The zero-order chi connectivity index (χ0) is 25.7. The number of thiazole rings is 1. The number of amides is 2. The number of halogens is 5. The van der Waals surface area contributed by atoms with Crippen molar-refractivity contribution in [2.24, 2.45) is 11.1 Å². The summed E-state index contributed by atoms with van der Waals surface area (Å²) in [5, 5.41) is 4.89. The molecule has 2 heterocycles. The van der Waals surface area contributed by atoms with E-state index in [4.69, 9.17) is 5.14 Å². The molecule has 2 N–H and O–H groups in total. The van der Waals surface area contributed by atoms with Gasteiger partial charge in [0.25, 0.3) is 0 Å². The molecule has 0 bridgehead atoms. The number of anilines is 2. The van der Waals surface area contributed by atoms with Crippen LogP contribution in [0.3, 0.4) is 0 Å². The highest BCUT2D eigenvalue weighted by Gasteiger charge is 2.48. The maximum Gasteiger partial charge on any atom is 0.395 e. The van der Waals surface area contributed by atoms with Crippen LogP contribution in [0.25, 0.3) is 11.1 Å². The maximum atomic E-state index is 14.1. The first-order valence-electron chi connectivity index (χ1n) is 9.97. The summed E-state index contributed by atoms with van der Waals surface area (Å²) in [6.07, 6.45) is -4.67. The average Bonchev–Trinajstić information content (AvgIpc) is 3.17. The monoisotopic (exact) mass is 532 g/mol. The predicted octanol–water partition coefficient (Wildman–Crippen LogP) is 4.67. The maximum absolute atomic E-state index is 14.1. The summed E-state index contributed by atoms with van der Waals surface area (Å²) in [6.45, 7) is -0.140. The summed E-state index contributed by atoms with van der Waals surface area (Å²) in [4.78, 5) is 18.8. The van der Waals surface area contributed by atoms with Gasteiger partial charge in [-0.15, -0.1) is 0 Å². The Morgan fingerprint density at radius 3 is 2.26 bits per heavy atom. The molecule has 0 spiro atoms. The minimum Gasteiger partial charge on any atom is -0.293 e. The number of carbonyl (C=O) groups excluding carboxylic acids is 1. The zero-order valence-electron chi connectivity index (χ0n) is 17.9. The normalized spacial score (nSPS) is 17.2. The summed E-state index contributed by atoms with van der Waals surface area (Å²) >= 11 is 0.499. The molecule has 35 heavy (non-hydrogen) atoms. The molecule has 1 atom stereocenters. The molecule has 1 saturated heterocycles. The lowest BCUT2D eigenvalue weighted by atomic mass is 10.0. The number of alkyl halides is 3. The van der Waals surface area contributed by atoms with Gasteiger partial charge >= 0.3 is 12.2 Å². The summed E-state index contributed by atoms with van der Waals surface area (Å²) in [6, 6.07) is 7.37. The number of aryl methyl sites for hydroxylation is 1. The van der Waals surface area contributed by atoms with Crippen molar-refractivity contribution in [3.8, 4) is 11.1 Å². The summed E-state index contributed by atoms with van der Waals surface area (Å²) in [7, 11) is -4.19. The zero-order valence-corrected chi connectivity index (χ0v) is 19.5. The number of nitrogens with zero attached hydrogens (tertiary/aromatic N) is 3. The van der Waals surface area contributed by atoms with Gasteiger partial charge in [0.2, 0.25) is 10.0 Å². The second-order valence-electron chi connectivity index (χ2n) is 7.83. The number of hydrogen-bond donors (Lipinski definition) is 1. The molecule has 1 aromatic heterocycles. The first kappa shape index (κ1) is 25.0. The molecule has 4 rings (SSSR count). The molecule has 2 amide bonds. The molecule has 3 aromatic rings. The van der Waals surface area contributed by atoms with Gasteiger partial charge in [-0.2, -0.15) is 13.2 Å². The highest BCUT2D eigenvalue weighted by atomic mass is 32.2.